The monoisotopic (exact) mass is 202 g/mol. The van der Waals surface area contributed by atoms with E-state index in [0.717, 1.165) is 24.0 Å². The van der Waals surface area contributed by atoms with E-state index in [1.807, 2.05) is 0 Å². The predicted octanol–water partition coefficient (Wildman–Crippen LogP) is 2.17. The van der Waals surface area contributed by atoms with Crippen molar-refractivity contribution in [1.82, 2.24) is 0 Å². The van der Waals surface area contributed by atoms with Gasteiger partial charge in [-0.3, -0.25) is 10.2 Å². The fourth-order valence-electron chi connectivity index (χ4n) is 1.70. The number of fused-ring (bicyclic) bond motifs is 1. The molecule has 76 valence electrons. The van der Waals surface area contributed by atoms with E-state index in [1.54, 1.807) is 18.2 Å². The summed E-state index contributed by atoms with van der Waals surface area (Å²) in [5.41, 5.74) is 9.31. The van der Waals surface area contributed by atoms with Gasteiger partial charge in [-0.1, -0.05) is 5.22 Å². The smallest absolute Gasteiger partial charge is 0.150 e. The van der Waals surface area contributed by atoms with Crippen molar-refractivity contribution in [3.05, 3.63) is 29.3 Å². The van der Waals surface area contributed by atoms with E-state index in [0.29, 0.717) is 17.8 Å². The zero-order chi connectivity index (χ0) is 10.8. The van der Waals surface area contributed by atoms with Gasteiger partial charge in [0.2, 0.25) is 0 Å². The van der Waals surface area contributed by atoms with Crippen LogP contribution in [0.5, 0.6) is 0 Å². The normalized spacial score (nSPS) is 14.7. The lowest BCUT2D eigenvalue weighted by molar-refractivity contribution is 0.112. The second kappa shape index (κ2) is 3.61. The molecule has 1 aliphatic rings. The van der Waals surface area contributed by atoms with Gasteiger partial charge < -0.3 is 0 Å². The summed E-state index contributed by atoms with van der Waals surface area (Å²) in [6.07, 6.45) is 2.07. The van der Waals surface area contributed by atoms with Crippen LogP contribution in [-0.4, -0.2) is 12.1 Å². The summed E-state index contributed by atoms with van der Waals surface area (Å²) >= 11 is 0. The Morgan fingerprint density at radius 1 is 1.40 bits per heavy atom. The Morgan fingerprint density at radius 3 is 2.87 bits per heavy atom. The van der Waals surface area contributed by atoms with Gasteiger partial charge in [-0.05, 0) is 30.2 Å². The first kappa shape index (κ1) is 9.51. The van der Waals surface area contributed by atoms with Crippen LogP contribution in [0, 0.1) is 10.9 Å². The first-order chi connectivity index (χ1) is 7.26. The number of benzene rings is 1. The molecule has 5 heteroatoms. The molecular formula is C10H10N4O. The Bertz CT molecular complexity index is 441. The summed E-state index contributed by atoms with van der Waals surface area (Å²) < 4.78 is 0. The minimum Gasteiger partial charge on any atom is -0.298 e. The van der Waals surface area contributed by atoms with Crippen LogP contribution in [0.1, 0.15) is 22.3 Å². The van der Waals surface area contributed by atoms with Crippen molar-refractivity contribution in [2.45, 2.75) is 12.8 Å². The van der Waals surface area contributed by atoms with E-state index in [-0.39, 0.29) is 0 Å². The van der Waals surface area contributed by atoms with Crippen molar-refractivity contribution in [1.29, 1.82) is 10.9 Å². The molecule has 0 fully saturated rings. The number of anilines is 1. The van der Waals surface area contributed by atoms with E-state index in [2.05, 4.69) is 5.22 Å². The standard InChI is InChI=1S/C10H10N4O/c11-10-4-2-8-5-7(6-15)1-3-9(8)14(10)13-12/h1,3,5-6,11-12H,2,4H2. The highest BCUT2D eigenvalue weighted by Crippen LogP contribution is 2.28. The Labute approximate surface area is 86.7 Å². The third-order valence-electron chi connectivity index (χ3n) is 2.45. The van der Waals surface area contributed by atoms with Gasteiger partial charge in [0.25, 0.3) is 0 Å². The fourth-order valence-corrected chi connectivity index (χ4v) is 1.70. The summed E-state index contributed by atoms with van der Waals surface area (Å²) in [6.45, 7) is 0. The number of aldehydes is 1. The van der Waals surface area contributed by atoms with Gasteiger partial charge in [-0.15, -0.1) is 0 Å². The van der Waals surface area contributed by atoms with Crippen LogP contribution in [0.15, 0.2) is 23.4 Å². The molecule has 0 aliphatic carbocycles. The van der Waals surface area contributed by atoms with Crippen LogP contribution in [0.2, 0.25) is 0 Å². The first-order valence-electron chi connectivity index (χ1n) is 4.59. The zero-order valence-corrected chi connectivity index (χ0v) is 8.03. The average Bonchev–Trinajstić information content (AvgIpc) is 2.28. The molecule has 2 rings (SSSR count). The predicted molar refractivity (Wildman–Crippen MR) is 55.5 cm³/mol. The van der Waals surface area contributed by atoms with Crippen molar-refractivity contribution in [2.75, 3.05) is 5.01 Å². The molecule has 5 nitrogen and oxygen atoms in total. The van der Waals surface area contributed by atoms with Crippen molar-refractivity contribution >= 4 is 17.8 Å². The van der Waals surface area contributed by atoms with E-state index in [4.69, 9.17) is 10.9 Å². The number of carbonyl (C=O) groups excluding carboxylic acids is 1. The molecular weight excluding hydrogens is 192 g/mol. The van der Waals surface area contributed by atoms with Gasteiger partial charge in [0.05, 0.1) is 5.69 Å². The highest BCUT2D eigenvalue weighted by molar-refractivity contribution is 5.98. The van der Waals surface area contributed by atoms with Gasteiger partial charge >= 0.3 is 0 Å². The molecule has 15 heavy (non-hydrogen) atoms. The topological polar surface area (TPSA) is 80.4 Å². The molecule has 2 N–H and O–H groups in total. The maximum Gasteiger partial charge on any atom is 0.150 e. The van der Waals surface area contributed by atoms with Crippen molar-refractivity contribution in [3.8, 4) is 0 Å². The molecule has 1 aromatic rings. The quantitative estimate of drug-likeness (QED) is 0.569. The van der Waals surface area contributed by atoms with Crippen LogP contribution < -0.4 is 5.01 Å². The third-order valence-corrected chi connectivity index (χ3v) is 2.45. The van der Waals surface area contributed by atoms with Crippen LogP contribution in [-0.2, 0) is 6.42 Å². The average molecular weight is 202 g/mol. The molecule has 0 atom stereocenters. The molecule has 0 bridgehead atoms. The summed E-state index contributed by atoms with van der Waals surface area (Å²) in [7, 11) is 0. The van der Waals surface area contributed by atoms with Gasteiger partial charge in [0.15, 0.2) is 0 Å². The molecule has 0 amide bonds. The highest BCUT2D eigenvalue weighted by Gasteiger charge is 2.21. The summed E-state index contributed by atoms with van der Waals surface area (Å²) in [5, 5.41) is 12.2. The molecule has 0 saturated heterocycles. The van der Waals surface area contributed by atoms with Crippen LogP contribution in [0.3, 0.4) is 0 Å². The Morgan fingerprint density at radius 2 is 2.20 bits per heavy atom. The lowest BCUT2D eigenvalue weighted by Gasteiger charge is -2.25. The lowest BCUT2D eigenvalue weighted by atomic mass is 10.00. The number of aryl methyl sites for hydroxylation is 1. The highest BCUT2D eigenvalue weighted by atomic mass is 16.1. The van der Waals surface area contributed by atoms with Gasteiger partial charge in [-0.25, -0.2) is 5.01 Å². The summed E-state index contributed by atoms with van der Waals surface area (Å²) in [5.74, 6) is 0.316. The number of amidine groups is 1. The Balaban J connectivity index is 2.51. The summed E-state index contributed by atoms with van der Waals surface area (Å²) in [4.78, 5) is 10.6. The number of hydrogen-bond acceptors (Lipinski definition) is 4. The first-order valence-corrected chi connectivity index (χ1v) is 4.59. The van der Waals surface area contributed by atoms with E-state index >= 15 is 0 Å². The second-order valence-electron chi connectivity index (χ2n) is 3.36. The van der Waals surface area contributed by atoms with Crippen LogP contribution >= 0.6 is 0 Å². The maximum absolute atomic E-state index is 10.6. The van der Waals surface area contributed by atoms with E-state index < -0.39 is 0 Å². The van der Waals surface area contributed by atoms with Gasteiger partial charge in [0, 0.05) is 12.0 Å². The molecule has 0 aromatic heterocycles. The Kier molecular flexibility index (Phi) is 2.29. The van der Waals surface area contributed by atoms with Crippen molar-refractivity contribution in [3.63, 3.8) is 0 Å². The second-order valence-corrected chi connectivity index (χ2v) is 3.36. The zero-order valence-electron chi connectivity index (χ0n) is 8.03. The minimum atomic E-state index is 0.316. The van der Waals surface area contributed by atoms with Crippen molar-refractivity contribution < 1.29 is 4.79 Å². The molecule has 0 radical (unpaired) electrons. The number of nitrogens with zero attached hydrogens (tertiary/aromatic N) is 2. The molecule has 0 unspecified atom stereocenters. The third kappa shape index (κ3) is 1.52. The fraction of sp³-hybridized carbons (Fsp3) is 0.200. The molecule has 1 aromatic carbocycles. The van der Waals surface area contributed by atoms with Crippen molar-refractivity contribution in [2.24, 2.45) is 5.22 Å². The number of rotatable bonds is 2. The van der Waals surface area contributed by atoms with Gasteiger partial charge in [-0.2, -0.15) is 5.53 Å². The molecule has 1 heterocycles. The van der Waals surface area contributed by atoms with Gasteiger partial charge in [0.1, 0.15) is 12.1 Å². The maximum atomic E-state index is 10.6. The lowest BCUT2D eigenvalue weighted by Crippen LogP contribution is -2.29. The molecule has 0 spiro atoms. The van der Waals surface area contributed by atoms with Crippen LogP contribution in [0.4, 0.5) is 5.69 Å². The largest absolute Gasteiger partial charge is 0.298 e. The molecule has 0 saturated carbocycles. The summed E-state index contributed by atoms with van der Waals surface area (Å²) in [6, 6.07) is 5.18. The minimum absolute atomic E-state index is 0.316. The Hall–Kier alpha value is -2.04. The SMILES string of the molecule is N=NN1C(=N)CCc2cc(C=O)ccc21. The number of carbonyl (C=O) groups is 1. The van der Waals surface area contributed by atoms with Crippen LogP contribution in [0.25, 0.3) is 0 Å². The van der Waals surface area contributed by atoms with E-state index in [9.17, 15) is 4.79 Å². The molecule has 1 aliphatic heterocycles. The number of nitrogens with one attached hydrogen (secondary N) is 2. The van der Waals surface area contributed by atoms with E-state index in [1.165, 1.54) is 5.01 Å². The number of hydrogen-bond donors (Lipinski definition) is 2.